The molecule has 1 aromatic rings. The first-order valence-corrected chi connectivity index (χ1v) is 4.69. The Morgan fingerprint density at radius 3 is 3.00 bits per heavy atom. The zero-order valence-electron chi connectivity index (χ0n) is 7.20. The maximum Gasteiger partial charge on any atom is 0.114 e. The molecule has 12 heavy (non-hydrogen) atoms. The zero-order valence-corrected chi connectivity index (χ0v) is 8.02. The summed E-state index contributed by atoms with van der Waals surface area (Å²) in [4.78, 5) is 1.14. The van der Waals surface area contributed by atoms with Crippen LogP contribution in [-0.2, 0) is 0 Å². The van der Waals surface area contributed by atoms with Gasteiger partial charge in [0.15, 0.2) is 0 Å². The van der Waals surface area contributed by atoms with Crippen molar-refractivity contribution in [1.29, 1.82) is 5.26 Å². The summed E-state index contributed by atoms with van der Waals surface area (Å²) in [5.74, 6) is 0.935. The lowest BCUT2D eigenvalue weighted by Crippen LogP contribution is -1.92. The van der Waals surface area contributed by atoms with E-state index in [1.54, 1.807) is 18.0 Å². The maximum absolute atomic E-state index is 8.45. The maximum atomic E-state index is 8.45. The fraction of sp³-hybridized carbons (Fsp3) is 0.444. The summed E-state index contributed by atoms with van der Waals surface area (Å²) in [6, 6.07) is 4.09. The molecule has 0 fully saturated rings. The molecular formula is C9H11NOS. The Morgan fingerprint density at radius 2 is 2.50 bits per heavy atom. The number of aryl methyl sites for hydroxylation is 1. The minimum absolute atomic E-state index is 0.339. The number of nitrogens with zero attached hydrogens (tertiary/aromatic N) is 1. The highest BCUT2D eigenvalue weighted by Crippen LogP contribution is 2.28. The quantitative estimate of drug-likeness (QED) is 0.673. The first-order valence-electron chi connectivity index (χ1n) is 3.81. The number of rotatable bonds is 3. The average Bonchev–Trinajstić information content (AvgIpc) is 2.37. The van der Waals surface area contributed by atoms with Crippen molar-refractivity contribution in [1.82, 2.24) is 0 Å². The second kappa shape index (κ2) is 4.22. The molecule has 1 unspecified atom stereocenters. The van der Waals surface area contributed by atoms with Gasteiger partial charge in [0, 0.05) is 16.6 Å². The number of furan rings is 1. The normalized spacial score (nSPS) is 12.4. The van der Waals surface area contributed by atoms with Gasteiger partial charge in [-0.05, 0) is 13.0 Å². The van der Waals surface area contributed by atoms with Crippen LogP contribution in [0.25, 0.3) is 0 Å². The van der Waals surface area contributed by atoms with Crippen molar-refractivity contribution in [2.45, 2.75) is 30.4 Å². The second-order valence-corrected chi connectivity index (χ2v) is 4.11. The van der Waals surface area contributed by atoms with Crippen LogP contribution in [0.2, 0.25) is 0 Å². The Morgan fingerprint density at radius 1 is 1.75 bits per heavy atom. The zero-order chi connectivity index (χ0) is 8.97. The summed E-state index contributed by atoms with van der Waals surface area (Å²) < 4.78 is 5.14. The summed E-state index contributed by atoms with van der Waals surface area (Å²) in [7, 11) is 0. The van der Waals surface area contributed by atoms with Crippen molar-refractivity contribution >= 4 is 11.8 Å². The van der Waals surface area contributed by atoms with Crippen LogP contribution >= 0.6 is 11.8 Å². The van der Waals surface area contributed by atoms with E-state index in [-0.39, 0.29) is 0 Å². The third kappa shape index (κ3) is 2.31. The Labute approximate surface area is 76.6 Å². The predicted octanol–water partition coefficient (Wildman–Crippen LogP) is 2.98. The SMILES string of the molecule is Cc1occc1SC(C)CC#N. The van der Waals surface area contributed by atoms with Crippen LogP contribution in [0.1, 0.15) is 19.1 Å². The number of nitriles is 1. The van der Waals surface area contributed by atoms with Crippen LogP contribution in [-0.4, -0.2) is 5.25 Å². The van der Waals surface area contributed by atoms with Crippen molar-refractivity contribution in [3.63, 3.8) is 0 Å². The molecule has 1 heterocycles. The van der Waals surface area contributed by atoms with Gasteiger partial charge in [-0.1, -0.05) is 6.92 Å². The van der Waals surface area contributed by atoms with Crippen LogP contribution in [0.5, 0.6) is 0 Å². The molecule has 0 aliphatic carbocycles. The molecule has 0 radical (unpaired) electrons. The van der Waals surface area contributed by atoms with Gasteiger partial charge in [0.1, 0.15) is 5.76 Å². The minimum Gasteiger partial charge on any atom is -0.468 e. The van der Waals surface area contributed by atoms with Gasteiger partial charge in [-0.2, -0.15) is 5.26 Å². The monoisotopic (exact) mass is 181 g/mol. The summed E-state index contributed by atoms with van der Waals surface area (Å²) in [6.45, 7) is 3.97. The average molecular weight is 181 g/mol. The van der Waals surface area contributed by atoms with Crippen LogP contribution in [0.4, 0.5) is 0 Å². The molecule has 2 nitrogen and oxygen atoms in total. The van der Waals surface area contributed by atoms with Crippen LogP contribution < -0.4 is 0 Å². The van der Waals surface area contributed by atoms with E-state index in [0.717, 1.165) is 10.7 Å². The van der Waals surface area contributed by atoms with Gasteiger partial charge in [0.25, 0.3) is 0 Å². The Hall–Kier alpha value is -0.880. The first kappa shape index (κ1) is 9.21. The van der Waals surface area contributed by atoms with E-state index in [0.29, 0.717) is 11.7 Å². The molecule has 0 N–H and O–H groups in total. The van der Waals surface area contributed by atoms with Crippen molar-refractivity contribution < 1.29 is 4.42 Å². The van der Waals surface area contributed by atoms with Gasteiger partial charge < -0.3 is 4.42 Å². The molecule has 1 rings (SSSR count). The molecule has 0 saturated carbocycles. The molecule has 0 aliphatic heterocycles. The number of hydrogen-bond donors (Lipinski definition) is 0. The molecule has 3 heteroatoms. The largest absolute Gasteiger partial charge is 0.468 e. The molecule has 1 aromatic heterocycles. The summed E-state index contributed by atoms with van der Waals surface area (Å²) in [5.41, 5.74) is 0. The lowest BCUT2D eigenvalue weighted by molar-refractivity contribution is 0.526. The highest BCUT2D eigenvalue weighted by Gasteiger charge is 2.07. The van der Waals surface area contributed by atoms with Gasteiger partial charge in [-0.3, -0.25) is 0 Å². The second-order valence-electron chi connectivity index (χ2n) is 2.63. The van der Waals surface area contributed by atoms with Gasteiger partial charge in [0.05, 0.1) is 12.3 Å². The highest BCUT2D eigenvalue weighted by molar-refractivity contribution is 8.00. The van der Waals surface area contributed by atoms with Crippen molar-refractivity contribution in [2.75, 3.05) is 0 Å². The smallest absolute Gasteiger partial charge is 0.114 e. The summed E-state index contributed by atoms with van der Waals surface area (Å²) in [6.07, 6.45) is 2.26. The molecule has 0 bridgehead atoms. The predicted molar refractivity (Wildman–Crippen MR) is 49.0 cm³/mol. The van der Waals surface area contributed by atoms with Gasteiger partial charge in [-0.25, -0.2) is 0 Å². The van der Waals surface area contributed by atoms with Crippen LogP contribution in [0, 0.1) is 18.3 Å². The van der Waals surface area contributed by atoms with E-state index in [1.807, 2.05) is 19.9 Å². The van der Waals surface area contributed by atoms with Crippen molar-refractivity contribution in [3.05, 3.63) is 18.1 Å². The Balaban J connectivity index is 2.53. The molecule has 0 aliphatic rings. The Bertz CT molecular complexity index is 287. The molecule has 64 valence electrons. The molecule has 0 spiro atoms. The van der Waals surface area contributed by atoms with Crippen molar-refractivity contribution in [3.8, 4) is 6.07 Å². The van der Waals surface area contributed by atoms with E-state index in [1.165, 1.54) is 0 Å². The fourth-order valence-electron chi connectivity index (χ4n) is 0.883. The van der Waals surface area contributed by atoms with Crippen LogP contribution in [0.3, 0.4) is 0 Å². The molecular weight excluding hydrogens is 170 g/mol. The highest BCUT2D eigenvalue weighted by atomic mass is 32.2. The van der Waals surface area contributed by atoms with E-state index in [9.17, 15) is 0 Å². The lowest BCUT2D eigenvalue weighted by atomic mass is 10.4. The van der Waals surface area contributed by atoms with Crippen LogP contribution in [0.15, 0.2) is 21.6 Å². The van der Waals surface area contributed by atoms with Gasteiger partial charge in [-0.15, -0.1) is 11.8 Å². The van der Waals surface area contributed by atoms with E-state index < -0.39 is 0 Å². The fourth-order valence-corrected chi connectivity index (χ4v) is 1.82. The lowest BCUT2D eigenvalue weighted by Gasteiger charge is -2.04. The third-order valence-corrected chi connectivity index (χ3v) is 2.76. The van der Waals surface area contributed by atoms with Gasteiger partial charge in [0.2, 0.25) is 0 Å². The first-order chi connectivity index (χ1) is 5.74. The number of thioether (sulfide) groups is 1. The van der Waals surface area contributed by atoms with Crippen molar-refractivity contribution in [2.24, 2.45) is 0 Å². The third-order valence-electron chi connectivity index (χ3n) is 1.52. The molecule has 0 amide bonds. The molecule has 0 aromatic carbocycles. The molecule has 0 saturated heterocycles. The van der Waals surface area contributed by atoms with E-state index in [2.05, 4.69) is 6.07 Å². The summed E-state index contributed by atoms with van der Waals surface area (Å²) in [5, 5.41) is 8.79. The molecule has 1 atom stereocenters. The Kier molecular flexibility index (Phi) is 3.24. The minimum atomic E-state index is 0.339. The van der Waals surface area contributed by atoms with E-state index in [4.69, 9.17) is 9.68 Å². The summed E-state index contributed by atoms with van der Waals surface area (Å²) >= 11 is 1.69. The number of hydrogen-bond acceptors (Lipinski definition) is 3. The standard InChI is InChI=1S/C9H11NOS/c1-7(3-5-10)12-9-4-6-11-8(9)2/h4,6-7H,3H2,1-2H3. The van der Waals surface area contributed by atoms with E-state index >= 15 is 0 Å². The van der Waals surface area contributed by atoms with Gasteiger partial charge >= 0.3 is 0 Å². The topological polar surface area (TPSA) is 36.9 Å².